The molecule has 0 heterocycles. The van der Waals surface area contributed by atoms with E-state index >= 15 is 0 Å². The van der Waals surface area contributed by atoms with E-state index in [1.807, 2.05) is 68.4 Å². The van der Waals surface area contributed by atoms with Crippen molar-refractivity contribution >= 4 is 11.8 Å². The van der Waals surface area contributed by atoms with E-state index in [9.17, 15) is 9.59 Å². The molecule has 1 rings (SSSR count). The van der Waals surface area contributed by atoms with Gasteiger partial charge in [-0.05, 0) is 73.3 Å². The van der Waals surface area contributed by atoms with E-state index in [0.29, 0.717) is 12.3 Å². The fraction of sp³-hybridized carbons (Fsp3) is 0.769. The minimum Gasteiger partial charge on any atom is -0.459 e. The molecule has 0 N–H and O–H groups in total. The largest absolute Gasteiger partial charge is 0.459 e. The van der Waals surface area contributed by atoms with Gasteiger partial charge >= 0.3 is 5.97 Å². The number of hydrogen-bond donors (Lipinski definition) is 0. The molecule has 1 saturated carbocycles. The summed E-state index contributed by atoms with van der Waals surface area (Å²) < 4.78 is 5.70. The first kappa shape index (κ1) is 32.3. The van der Waals surface area contributed by atoms with Gasteiger partial charge in [0.1, 0.15) is 5.60 Å². The number of hydrogen-bond acceptors (Lipinski definition) is 3. The molecule has 0 unspecified atom stereocenters. The first-order valence-corrected chi connectivity index (χ1v) is 11.4. The Kier molecular flexibility index (Phi) is 19.5. The van der Waals surface area contributed by atoms with Crippen LogP contribution >= 0.6 is 0 Å². The Balaban J connectivity index is -0.000000443. The average Bonchev–Trinajstić information content (AvgIpc) is 2.69. The van der Waals surface area contributed by atoms with Crippen LogP contribution in [0.2, 0.25) is 0 Å². The summed E-state index contributed by atoms with van der Waals surface area (Å²) in [4.78, 5) is 22.5. The van der Waals surface area contributed by atoms with E-state index < -0.39 is 5.41 Å². The van der Waals surface area contributed by atoms with Crippen molar-refractivity contribution in [3.05, 3.63) is 24.3 Å². The van der Waals surface area contributed by atoms with E-state index in [4.69, 9.17) is 4.74 Å². The van der Waals surface area contributed by atoms with Crippen LogP contribution in [0, 0.1) is 11.3 Å². The molecule has 1 fully saturated rings. The second kappa shape index (κ2) is 17.5. The van der Waals surface area contributed by atoms with Crippen LogP contribution in [0.3, 0.4) is 0 Å². The molecule has 29 heavy (non-hydrogen) atoms. The number of allylic oxidation sites excluding steroid dienone is 3. The Labute approximate surface area is 182 Å². The summed E-state index contributed by atoms with van der Waals surface area (Å²) in [6, 6.07) is 0. The number of carbonyl (C=O) groups excluding carboxylic acids is 2. The lowest BCUT2D eigenvalue weighted by Crippen LogP contribution is -2.41. The van der Waals surface area contributed by atoms with Gasteiger partial charge in [-0.2, -0.15) is 0 Å². The van der Waals surface area contributed by atoms with Gasteiger partial charge < -0.3 is 4.74 Å². The summed E-state index contributed by atoms with van der Waals surface area (Å²) in [6.45, 7) is 25.1. The quantitative estimate of drug-likeness (QED) is 0.261. The molecule has 0 aromatic rings. The minimum atomic E-state index is -0.397. The number of ether oxygens (including phenoxy) is 1. The topological polar surface area (TPSA) is 43.4 Å². The van der Waals surface area contributed by atoms with Gasteiger partial charge in [-0.25, -0.2) is 0 Å². The van der Waals surface area contributed by atoms with Crippen molar-refractivity contribution in [2.75, 3.05) is 0 Å². The Morgan fingerprint density at radius 2 is 1.38 bits per heavy atom. The van der Waals surface area contributed by atoms with Crippen LogP contribution in [0.4, 0.5) is 0 Å². The highest BCUT2D eigenvalue weighted by Gasteiger charge is 2.36. The predicted molar refractivity (Wildman–Crippen MR) is 128 cm³/mol. The number of rotatable bonds is 5. The minimum absolute atomic E-state index is 0.0798. The summed E-state index contributed by atoms with van der Waals surface area (Å²) in [5.41, 5.74) is 0.474. The zero-order valence-electron chi connectivity index (χ0n) is 21.4. The van der Waals surface area contributed by atoms with Gasteiger partial charge in [0.2, 0.25) is 0 Å². The lowest BCUT2D eigenvalue weighted by atomic mass is 9.78. The average molecular weight is 411 g/mol. The SMILES string of the molecule is C=CC(=O)CC=C(C)C.CC.CC.CC(C)(C)C(=O)OC(C)(C)C1CCCCC1. The molecule has 3 nitrogen and oxygen atoms in total. The van der Waals surface area contributed by atoms with Crippen LogP contribution in [0.5, 0.6) is 0 Å². The van der Waals surface area contributed by atoms with Crippen molar-refractivity contribution in [3.8, 4) is 0 Å². The maximum atomic E-state index is 11.9. The standard InChI is InChI=1S/C14H26O2.C8H12O.2C2H6/c1-13(2,3)12(15)16-14(4,5)11-9-7-6-8-10-11;1-4-8(9)6-5-7(2)3;2*1-2/h11H,6-10H2,1-5H3;4-5H,1,6H2,2-3H3;2*1-2H3. The molecule has 3 heteroatoms. The first-order chi connectivity index (χ1) is 13.4. The summed E-state index contributed by atoms with van der Waals surface area (Å²) >= 11 is 0. The molecule has 0 bridgehead atoms. The number of esters is 1. The van der Waals surface area contributed by atoms with E-state index in [0.717, 1.165) is 0 Å². The molecule has 1 aliphatic carbocycles. The molecule has 0 atom stereocenters. The third-order valence-corrected chi connectivity index (χ3v) is 4.50. The van der Waals surface area contributed by atoms with Gasteiger partial charge in [0.15, 0.2) is 5.78 Å². The molecule has 172 valence electrons. The molecule has 0 radical (unpaired) electrons. The predicted octanol–water partition coefficient (Wildman–Crippen LogP) is 8.08. The molecule has 0 spiro atoms. The molecule has 0 aliphatic heterocycles. The Morgan fingerprint density at radius 1 is 0.931 bits per heavy atom. The van der Waals surface area contributed by atoms with Gasteiger partial charge in [-0.1, -0.05) is 65.2 Å². The van der Waals surface area contributed by atoms with Crippen LogP contribution in [0.15, 0.2) is 24.3 Å². The van der Waals surface area contributed by atoms with Crippen molar-refractivity contribution in [2.24, 2.45) is 11.3 Å². The summed E-state index contributed by atoms with van der Waals surface area (Å²) in [5.74, 6) is 0.534. The van der Waals surface area contributed by atoms with Crippen molar-refractivity contribution in [1.29, 1.82) is 0 Å². The number of carbonyl (C=O) groups is 2. The van der Waals surface area contributed by atoms with Gasteiger partial charge in [0, 0.05) is 6.42 Å². The van der Waals surface area contributed by atoms with Crippen LogP contribution in [0.1, 0.15) is 115 Å². The lowest BCUT2D eigenvalue weighted by Gasteiger charge is -2.38. The highest BCUT2D eigenvalue weighted by atomic mass is 16.6. The van der Waals surface area contributed by atoms with Crippen molar-refractivity contribution in [1.82, 2.24) is 0 Å². The Hall–Kier alpha value is -1.38. The second-order valence-electron chi connectivity index (χ2n) is 8.73. The van der Waals surface area contributed by atoms with Crippen LogP contribution in [-0.4, -0.2) is 17.4 Å². The van der Waals surface area contributed by atoms with Gasteiger partial charge in [-0.15, -0.1) is 0 Å². The van der Waals surface area contributed by atoms with Crippen LogP contribution in [-0.2, 0) is 14.3 Å². The smallest absolute Gasteiger partial charge is 0.311 e. The molecular formula is C26H50O3. The Morgan fingerprint density at radius 3 is 1.72 bits per heavy atom. The van der Waals surface area contributed by atoms with E-state index in [2.05, 4.69) is 20.4 Å². The maximum Gasteiger partial charge on any atom is 0.311 e. The molecule has 0 aromatic carbocycles. The van der Waals surface area contributed by atoms with Gasteiger partial charge in [0.05, 0.1) is 5.41 Å². The Bertz CT molecular complexity index is 469. The van der Waals surface area contributed by atoms with Gasteiger partial charge in [0.25, 0.3) is 0 Å². The van der Waals surface area contributed by atoms with E-state index in [-0.39, 0.29) is 17.4 Å². The van der Waals surface area contributed by atoms with E-state index in [1.165, 1.54) is 43.8 Å². The highest BCUT2D eigenvalue weighted by Crippen LogP contribution is 2.36. The van der Waals surface area contributed by atoms with Crippen LogP contribution in [0.25, 0.3) is 0 Å². The monoisotopic (exact) mass is 410 g/mol. The van der Waals surface area contributed by atoms with Crippen molar-refractivity contribution < 1.29 is 14.3 Å². The third-order valence-electron chi connectivity index (χ3n) is 4.50. The lowest BCUT2D eigenvalue weighted by molar-refractivity contribution is -0.172. The molecule has 0 aromatic heterocycles. The normalized spacial score (nSPS) is 13.8. The summed E-state index contributed by atoms with van der Waals surface area (Å²) in [6.07, 6.45) is 10.0. The van der Waals surface area contributed by atoms with Gasteiger partial charge in [-0.3, -0.25) is 9.59 Å². The zero-order chi connectivity index (χ0) is 23.7. The van der Waals surface area contributed by atoms with Crippen LogP contribution < -0.4 is 0 Å². The number of ketones is 1. The summed E-state index contributed by atoms with van der Waals surface area (Å²) in [7, 11) is 0. The fourth-order valence-electron chi connectivity index (χ4n) is 2.66. The molecule has 0 saturated heterocycles. The first-order valence-electron chi connectivity index (χ1n) is 11.4. The van der Waals surface area contributed by atoms with Crippen molar-refractivity contribution in [2.45, 2.75) is 120 Å². The summed E-state index contributed by atoms with van der Waals surface area (Å²) in [5, 5.41) is 0. The molecular weight excluding hydrogens is 360 g/mol. The van der Waals surface area contributed by atoms with E-state index in [1.54, 1.807) is 0 Å². The fourth-order valence-corrected chi connectivity index (χ4v) is 2.66. The molecule has 1 aliphatic rings. The molecule has 0 amide bonds. The second-order valence-corrected chi connectivity index (χ2v) is 8.73. The van der Waals surface area contributed by atoms with Crippen molar-refractivity contribution in [3.63, 3.8) is 0 Å². The maximum absolute atomic E-state index is 11.9. The highest BCUT2D eigenvalue weighted by molar-refractivity contribution is 5.90. The zero-order valence-corrected chi connectivity index (χ0v) is 21.4. The third kappa shape index (κ3) is 17.2.